The first-order valence-electron chi connectivity index (χ1n) is 27.7. The van der Waals surface area contributed by atoms with Gasteiger partial charge in [-0.3, -0.25) is 0 Å². The van der Waals surface area contributed by atoms with E-state index in [2.05, 4.69) is 27.7 Å². The second-order valence-corrected chi connectivity index (χ2v) is 21.7. The van der Waals surface area contributed by atoms with Crippen molar-refractivity contribution in [1.82, 2.24) is 0 Å². The fraction of sp³-hybridized carbons (Fsp3) is 1.00. The van der Waals surface area contributed by atoms with Crippen LogP contribution in [0, 0.1) is 59.2 Å². The lowest BCUT2D eigenvalue weighted by atomic mass is 9.65. The zero-order valence-corrected chi connectivity index (χ0v) is 39.9. The first-order chi connectivity index (χ1) is 28.1. The van der Waals surface area contributed by atoms with Gasteiger partial charge in [-0.2, -0.15) is 0 Å². The molecule has 57 heavy (non-hydrogen) atoms. The molecule has 2 atom stereocenters. The van der Waals surface area contributed by atoms with E-state index in [4.69, 9.17) is 4.74 Å². The molecule has 4 fully saturated rings. The van der Waals surface area contributed by atoms with Gasteiger partial charge < -0.3 is 4.74 Å². The quantitative estimate of drug-likeness (QED) is 0.0616. The zero-order valence-electron chi connectivity index (χ0n) is 39.9. The summed E-state index contributed by atoms with van der Waals surface area (Å²) in [6, 6.07) is 0. The molecule has 4 saturated carbocycles. The van der Waals surface area contributed by atoms with E-state index in [1.54, 1.807) is 0 Å². The summed E-state index contributed by atoms with van der Waals surface area (Å²) in [6.45, 7) is 11.5. The lowest BCUT2D eigenvalue weighted by molar-refractivity contribution is 0.0366. The fourth-order valence-corrected chi connectivity index (χ4v) is 13.7. The van der Waals surface area contributed by atoms with Gasteiger partial charge in [0.05, 0.1) is 0 Å². The van der Waals surface area contributed by atoms with E-state index in [0.29, 0.717) is 0 Å². The van der Waals surface area contributed by atoms with Crippen molar-refractivity contribution in [1.29, 1.82) is 0 Å². The fourth-order valence-electron chi connectivity index (χ4n) is 13.7. The number of rotatable bonds is 32. The Morgan fingerprint density at radius 1 is 0.298 bits per heavy atom. The molecule has 0 N–H and O–H groups in total. The number of hydrogen-bond acceptors (Lipinski definition) is 1. The van der Waals surface area contributed by atoms with E-state index in [0.717, 1.165) is 72.4 Å². The van der Waals surface area contributed by atoms with Crippen LogP contribution in [0.1, 0.15) is 285 Å². The Kier molecular flexibility index (Phi) is 27.6. The van der Waals surface area contributed by atoms with Gasteiger partial charge in [0, 0.05) is 13.2 Å². The van der Waals surface area contributed by atoms with E-state index in [1.165, 1.54) is 257 Å². The molecule has 0 heterocycles. The van der Waals surface area contributed by atoms with E-state index in [9.17, 15) is 0 Å². The maximum atomic E-state index is 6.87. The Hall–Kier alpha value is -0.0400. The molecule has 336 valence electrons. The minimum atomic E-state index is 0.942. The van der Waals surface area contributed by atoms with Crippen LogP contribution in [0.4, 0.5) is 0 Å². The molecule has 0 aromatic rings. The summed E-state index contributed by atoms with van der Waals surface area (Å²) in [5.41, 5.74) is 0. The Morgan fingerprint density at radius 3 is 0.772 bits per heavy atom. The maximum absolute atomic E-state index is 6.87. The van der Waals surface area contributed by atoms with Crippen LogP contribution in [0.25, 0.3) is 0 Å². The van der Waals surface area contributed by atoms with E-state index >= 15 is 0 Å². The third-order valence-corrected chi connectivity index (χ3v) is 17.5. The highest BCUT2D eigenvalue weighted by molar-refractivity contribution is 4.87. The number of hydrogen-bond donors (Lipinski definition) is 0. The molecule has 1 nitrogen and oxygen atoms in total. The highest BCUT2D eigenvalue weighted by atomic mass is 16.5. The average molecular weight is 795 g/mol. The van der Waals surface area contributed by atoms with Gasteiger partial charge in [-0.15, -0.1) is 0 Å². The normalized spacial score (nSPS) is 29.7. The van der Waals surface area contributed by atoms with Gasteiger partial charge >= 0.3 is 0 Å². The Morgan fingerprint density at radius 2 is 0.526 bits per heavy atom. The molecule has 0 aromatic carbocycles. The van der Waals surface area contributed by atoms with Crippen molar-refractivity contribution in [2.45, 2.75) is 285 Å². The molecule has 1 heteroatoms. The van der Waals surface area contributed by atoms with Crippen molar-refractivity contribution < 1.29 is 4.74 Å². The lowest BCUT2D eigenvalue weighted by Crippen LogP contribution is -2.32. The summed E-state index contributed by atoms with van der Waals surface area (Å²) in [5, 5.41) is 0. The van der Waals surface area contributed by atoms with Crippen molar-refractivity contribution in [3.63, 3.8) is 0 Å². The van der Waals surface area contributed by atoms with Crippen molar-refractivity contribution >= 4 is 0 Å². The first-order valence-corrected chi connectivity index (χ1v) is 27.7. The van der Waals surface area contributed by atoms with Crippen molar-refractivity contribution in [3.05, 3.63) is 0 Å². The smallest absolute Gasteiger partial charge is 0.0468 e. The van der Waals surface area contributed by atoms with Crippen LogP contribution in [0.5, 0.6) is 0 Å². The summed E-state index contributed by atoms with van der Waals surface area (Å²) in [4.78, 5) is 0. The molecule has 0 saturated heterocycles. The molecular formula is C56H106O. The summed E-state index contributed by atoms with van der Waals surface area (Å²) < 4.78 is 6.87. The highest BCUT2D eigenvalue weighted by Crippen LogP contribution is 2.47. The minimum absolute atomic E-state index is 0.942. The second-order valence-electron chi connectivity index (χ2n) is 21.7. The van der Waals surface area contributed by atoms with Crippen LogP contribution in [0.2, 0.25) is 0 Å². The Labute approximate surface area is 360 Å². The van der Waals surface area contributed by atoms with Crippen LogP contribution in [0.15, 0.2) is 0 Å². The van der Waals surface area contributed by atoms with Crippen LogP contribution < -0.4 is 0 Å². The minimum Gasteiger partial charge on any atom is -0.381 e. The van der Waals surface area contributed by atoms with Gasteiger partial charge in [0.2, 0.25) is 0 Å². The predicted molar refractivity (Wildman–Crippen MR) is 253 cm³/mol. The second kappa shape index (κ2) is 31.8. The maximum Gasteiger partial charge on any atom is 0.0468 e. The average Bonchev–Trinajstić information content (AvgIpc) is 3.25. The lowest BCUT2D eigenvalue weighted by Gasteiger charge is -2.41. The van der Waals surface area contributed by atoms with Crippen LogP contribution in [0.3, 0.4) is 0 Å². The molecule has 0 spiro atoms. The molecule has 4 aliphatic rings. The highest BCUT2D eigenvalue weighted by Gasteiger charge is 2.36. The molecule has 0 radical (unpaired) electrons. The zero-order chi connectivity index (χ0) is 40.2. The van der Waals surface area contributed by atoms with Gasteiger partial charge in [-0.1, -0.05) is 220 Å². The first kappa shape index (κ1) is 49.6. The monoisotopic (exact) mass is 795 g/mol. The van der Waals surface area contributed by atoms with Crippen molar-refractivity contribution in [2.75, 3.05) is 13.2 Å². The van der Waals surface area contributed by atoms with E-state index in [-0.39, 0.29) is 0 Å². The third kappa shape index (κ3) is 20.1. The van der Waals surface area contributed by atoms with Gasteiger partial charge in [-0.25, -0.2) is 0 Å². The third-order valence-electron chi connectivity index (χ3n) is 17.5. The molecule has 0 aromatic heterocycles. The molecule has 0 bridgehead atoms. The van der Waals surface area contributed by atoms with Gasteiger partial charge in [0.1, 0.15) is 0 Å². The summed E-state index contributed by atoms with van der Waals surface area (Å²) in [7, 11) is 0. The summed E-state index contributed by atoms with van der Waals surface area (Å²) in [5.74, 6) is 9.98. The van der Waals surface area contributed by atoms with E-state index in [1.807, 2.05) is 0 Å². The van der Waals surface area contributed by atoms with Crippen LogP contribution in [-0.2, 0) is 4.74 Å². The standard InChI is InChI=1S/C56H106O/c1-5-9-13-17-21-25-49-31-39-53(40-32-49)55(51-35-27-47(28-36-51)23-19-15-11-7-3)43-45-57-46-44-56(52-37-29-48(30-38-52)24-20-16-12-8-4)54-41-33-50(34-42-54)26-22-18-14-10-6-2/h47-56H,5-46H2,1-4H3. The SMILES string of the molecule is CCCCCCCC1CCC(C(CCOCCC(C2CCC(CCCCCC)CC2)C2CCC(CCCCCCC)CC2)C2CCC(CCCCCC)CC2)CC1. The number of unbranched alkanes of at least 4 members (excludes halogenated alkanes) is 14. The Balaban J connectivity index is 1.26. The van der Waals surface area contributed by atoms with Crippen molar-refractivity contribution in [2.24, 2.45) is 59.2 Å². The molecule has 4 rings (SSSR count). The Bertz CT molecular complexity index is 807. The topological polar surface area (TPSA) is 9.23 Å². The van der Waals surface area contributed by atoms with Gasteiger partial charge in [-0.05, 0) is 123 Å². The van der Waals surface area contributed by atoms with E-state index < -0.39 is 0 Å². The molecular weight excluding hydrogens is 689 g/mol. The summed E-state index contributed by atoms with van der Waals surface area (Å²) in [6.07, 6.45) is 59.5. The molecule has 4 aliphatic carbocycles. The molecule has 0 aliphatic heterocycles. The largest absolute Gasteiger partial charge is 0.381 e. The predicted octanol–water partition coefficient (Wildman–Crippen LogP) is 18.9. The van der Waals surface area contributed by atoms with Crippen LogP contribution >= 0.6 is 0 Å². The van der Waals surface area contributed by atoms with Gasteiger partial charge in [0.25, 0.3) is 0 Å². The molecule has 0 amide bonds. The van der Waals surface area contributed by atoms with Crippen LogP contribution in [-0.4, -0.2) is 13.2 Å². The van der Waals surface area contributed by atoms with Crippen molar-refractivity contribution in [3.8, 4) is 0 Å². The number of ether oxygens (including phenoxy) is 1. The molecule has 2 unspecified atom stereocenters. The summed E-state index contributed by atoms with van der Waals surface area (Å²) >= 11 is 0. The van der Waals surface area contributed by atoms with Gasteiger partial charge in [0.15, 0.2) is 0 Å².